The van der Waals surface area contributed by atoms with Crippen molar-refractivity contribution in [2.75, 3.05) is 0 Å². The minimum Gasteiger partial charge on any atom is -0.550 e. The molecule has 0 aromatic carbocycles. The molecule has 37 heavy (non-hydrogen) atoms. The molecule has 0 amide bonds. The maximum atomic E-state index is 10.2. The number of rotatable bonds is 28. The maximum Gasteiger partial charge on any atom is 2.00 e. The zero-order valence-electron chi connectivity index (χ0n) is 24.8. The van der Waals surface area contributed by atoms with E-state index in [0.29, 0.717) is 0 Å². The predicted molar refractivity (Wildman–Crippen MR) is 151 cm³/mol. The smallest absolute Gasteiger partial charge is 0.550 e. The molecule has 0 aliphatic carbocycles. The zero-order valence-corrected chi connectivity index (χ0v) is 26.5. The van der Waals surface area contributed by atoms with Gasteiger partial charge in [-0.05, 0) is 25.7 Å². The van der Waals surface area contributed by atoms with Gasteiger partial charge >= 0.3 is 19.5 Å². The standard InChI is InChI=1S/2C16H32O2.Ru/c2*1-2-3-4-5-6-7-8-9-10-11-12-13-14-15-16(17)18;/h2*2-15H2,1H3,(H,17,18);/q;;+2/p-2. The summed E-state index contributed by atoms with van der Waals surface area (Å²) in [5, 5.41) is 20.4. The van der Waals surface area contributed by atoms with Gasteiger partial charge in [-0.15, -0.1) is 0 Å². The average molecular weight is 612 g/mol. The fraction of sp³-hybridized carbons (Fsp3) is 0.938. The Bertz CT molecular complexity index is 403. The zero-order chi connectivity index (χ0) is 27.0. The minimum atomic E-state index is -0.905. The van der Waals surface area contributed by atoms with Crippen LogP contribution in [0.2, 0.25) is 0 Å². The molecule has 4 nitrogen and oxygen atoms in total. The van der Waals surface area contributed by atoms with Crippen LogP contribution in [0.1, 0.15) is 194 Å². The second-order valence-electron chi connectivity index (χ2n) is 10.7. The average Bonchev–Trinajstić information content (AvgIpc) is 2.85. The maximum absolute atomic E-state index is 10.2. The molecule has 0 N–H and O–H groups in total. The van der Waals surface area contributed by atoms with Crippen molar-refractivity contribution in [2.24, 2.45) is 0 Å². The van der Waals surface area contributed by atoms with Crippen LogP contribution in [0.5, 0.6) is 0 Å². The van der Waals surface area contributed by atoms with E-state index in [9.17, 15) is 19.8 Å². The van der Waals surface area contributed by atoms with Crippen LogP contribution in [0.3, 0.4) is 0 Å². The first-order valence-corrected chi connectivity index (χ1v) is 15.9. The van der Waals surface area contributed by atoms with E-state index in [4.69, 9.17) is 0 Å². The van der Waals surface area contributed by atoms with Crippen LogP contribution in [0.4, 0.5) is 0 Å². The van der Waals surface area contributed by atoms with Crippen molar-refractivity contribution in [3.8, 4) is 0 Å². The molecule has 0 aliphatic rings. The van der Waals surface area contributed by atoms with Gasteiger partial charge in [0.15, 0.2) is 0 Å². The monoisotopic (exact) mass is 612 g/mol. The van der Waals surface area contributed by atoms with Crippen molar-refractivity contribution in [3.05, 3.63) is 0 Å². The second kappa shape index (κ2) is 37.7. The molecule has 0 radical (unpaired) electrons. The van der Waals surface area contributed by atoms with Gasteiger partial charge in [0.1, 0.15) is 0 Å². The fourth-order valence-electron chi connectivity index (χ4n) is 4.57. The summed E-state index contributed by atoms with van der Waals surface area (Å²) in [5.41, 5.74) is 0. The Kier molecular flexibility index (Phi) is 41.8. The van der Waals surface area contributed by atoms with Crippen molar-refractivity contribution < 1.29 is 39.3 Å². The summed E-state index contributed by atoms with van der Waals surface area (Å²) >= 11 is 0. The molecule has 5 heteroatoms. The second-order valence-corrected chi connectivity index (χ2v) is 10.7. The summed E-state index contributed by atoms with van der Waals surface area (Å²) in [6.07, 6.45) is 33.9. The Morgan fingerprint density at radius 2 is 0.514 bits per heavy atom. The first kappa shape index (κ1) is 41.1. The molecule has 0 bridgehead atoms. The van der Waals surface area contributed by atoms with Gasteiger partial charge in [-0.25, -0.2) is 0 Å². The third-order valence-electron chi connectivity index (χ3n) is 6.97. The molecule has 0 aromatic heterocycles. The summed E-state index contributed by atoms with van der Waals surface area (Å²) in [7, 11) is 0. The number of carboxylic acids is 2. The van der Waals surface area contributed by atoms with Crippen LogP contribution in [-0.2, 0) is 29.1 Å². The van der Waals surface area contributed by atoms with Crippen molar-refractivity contribution in [3.63, 3.8) is 0 Å². The van der Waals surface area contributed by atoms with Gasteiger partial charge in [0.2, 0.25) is 0 Å². The molecule has 0 aromatic rings. The number of hydrogen-bond donors (Lipinski definition) is 0. The largest absolute Gasteiger partial charge is 2.00 e. The first-order chi connectivity index (χ1) is 17.5. The van der Waals surface area contributed by atoms with Crippen LogP contribution in [0.15, 0.2) is 0 Å². The van der Waals surface area contributed by atoms with Crippen molar-refractivity contribution in [1.82, 2.24) is 0 Å². The van der Waals surface area contributed by atoms with Gasteiger partial charge in [-0.3, -0.25) is 0 Å². The van der Waals surface area contributed by atoms with Gasteiger partial charge in [-0.1, -0.05) is 168 Å². The quantitative estimate of drug-likeness (QED) is 0.0657. The molecule has 0 unspecified atom stereocenters. The molecular formula is C32H62O4Ru. The Hall–Kier alpha value is -0.437. The number of unbranched alkanes of at least 4 members (excludes halogenated alkanes) is 24. The third kappa shape index (κ3) is 45.8. The molecule has 0 fully saturated rings. The molecule has 0 atom stereocenters. The molecule has 0 rings (SSSR count). The van der Waals surface area contributed by atoms with E-state index in [0.717, 1.165) is 25.7 Å². The third-order valence-corrected chi connectivity index (χ3v) is 6.97. The van der Waals surface area contributed by atoms with Crippen LogP contribution in [-0.4, -0.2) is 11.9 Å². The summed E-state index contributed by atoms with van der Waals surface area (Å²) < 4.78 is 0. The van der Waals surface area contributed by atoms with Gasteiger partial charge in [-0.2, -0.15) is 0 Å². The van der Waals surface area contributed by atoms with Crippen LogP contribution < -0.4 is 10.2 Å². The molecule has 222 valence electrons. The Balaban J connectivity index is -0.000000608. The van der Waals surface area contributed by atoms with Gasteiger partial charge < -0.3 is 19.8 Å². The van der Waals surface area contributed by atoms with Gasteiger partial charge in [0.05, 0.1) is 0 Å². The van der Waals surface area contributed by atoms with Crippen LogP contribution in [0, 0.1) is 0 Å². The predicted octanol–water partition coefficient (Wildman–Crippen LogP) is 8.43. The van der Waals surface area contributed by atoms with Gasteiger partial charge in [0, 0.05) is 11.9 Å². The van der Waals surface area contributed by atoms with Crippen molar-refractivity contribution in [2.45, 2.75) is 194 Å². The van der Waals surface area contributed by atoms with Gasteiger partial charge in [0.25, 0.3) is 0 Å². The number of hydrogen-bond acceptors (Lipinski definition) is 4. The molecule has 0 spiro atoms. The van der Waals surface area contributed by atoms with E-state index < -0.39 is 11.9 Å². The van der Waals surface area contributed by atoms with Crippen molar-refractivity contribution in [1.29, 1.82) is 0 Å². The SMILES string of the molecule is CCCCCCCCCCCCCCCC(=O)[O-].CCCCCCCCCCCCCCCC(=O)[O-].[Ru+2]. The Morgan fingerprint density at radius 3 is 0.676 bits per heavy atom. The molecule has 0 aliphatic heterocycles. The van der Waals surface area contributed by atoms with Crippen LogP contribution in [0.25, 0.3) is 0 Å². The summed E-state index contributed by atoms with van der Waals surface area (Å²) in [6.45, 7) is 4.51. The van der Waals surface area contributed by atoms with E-state index in [1.54, 1.807) is 0 Å². The first-order valence-electron chi connectivity index (χ1n) is 15.9. The summed E-state index contributed by atoms with van der Waals surface area (Å²) in [5.74, 6) is -1.81. The van der Waals surface area contributed by atoms with Crippen molar-refractivity contribution >= 4 is 11.9 Å². The Morgan fingerprint density at radius 1 is 0.351 bits per heavy atom. The molecule has 0 saturated carbocycles. The molecular weight excluding hydrogens is 549 g/mol. The van der Waals surface area contributed by atoms with E-state index in [1.165, 1.54) is 141 Å². The summed E-state index contributed by atoms with van der Waals surface area (Å²) in [6, 6.07) is 0. The number of carbonyl (C=O) groups is 2. The molecule has 0 heterocycles. The number of carbonyl (C=O) groups excluding carboxylic acids is 2. The number of carboxylic acid groups (broad SMARTS) is 2. The number of aliphatic carboxylic acids is 2. The van der Waals surface area contributed by atoms with E-state index in [-0.39, 0.29) is 32.3 Å². The van der Waals surface area contributed by atoms with E-state index >= 15 is 0 Å². The van der Waals surface area contributed by atoms with E-state index in [1.807, 2.05) is 0 Å². The molecule has 0 saturated heterocycles. The minimum absolute atomic E-state index is 0. The van der Waals surface area contributed by atoms with Crippen LogP contribution >= 0.6 is 0 Å². The Labute approximate surface area is 244 Å². The summed E-state index contributed by atoms with van der Waals surface area (Å²) in [4.78, 5) is 20.4. The van der Waals surface area contributed by atoms with E-state index in [2.05, 4.69) is 13.8 Å². The normalized spacial score (nSPS) is 10.4. The topological polar surface area (TPSA) is 80.3 Å². The fourth-order valence-corrected chi connectivity index (χ4v) is 4.57.